The van der Waals surface area contributed by atoms with Gasteiger partial charge in [-0.2, -0.15) is 0 Å². The molecule has 142 valence electrons. The molecule has 1 aliphatic heterocycles. The molecule has 0 bridgehead atoms. The zero-order valence-electron chi connectivity index (χ0n) is 15.5. The molecule has 0 spiro atoms. The van der Waals surface area contributed by atoms with Crippen LogP contribution >= 0.6 is 0 Å². The van der Waals surface area contributed by atoms with E-state index < -0.39 is 12.0 Å². The van der Waals surface area contributed by atoms with Crippen LogP contribution in [0.15, 0.2) is 42.7 Å². The van der Waals surface area contributed by atoms with Gasteiger partial charge >= 0.3 is 5.97 Å². The number of fused-ring (bicyclic) bond motifs is 1. The maximum atomic E-state index is 13.1. The van der Waals surface area contributed by atoms with E-state index in [1.54, 1.807) is 23.8 Å². The summed E-state index contributed by atoms with van der Waals surface area (Å²) in [7, 11) is 0. The SMILES string of the molecule is Cc1ccc(-c2cncc(C(=O)N3Cc4nnc(C)n4CC3C(=O)O)c2)cc1. The van der Waals surface area contributed by atoms with Crippen molar-refractivity contribution in [1.82, 2.24) is 24.6 Å². The van der Waals surface area contributed by atoms with E-state index in [9.17, 15) is 14.7 Å². The lowest BCUT2D eigenvalue weighted by Crippen LogP contribution is -2.50. The number of nitrogens with zero attached hydrogens (tertiary/aromatic N) is 5. The zero-order chi connectivity index (χ0) is 19.8. The number of aromatic nitrogens is 4. The van der Waals surface area contributed by atoms with Gasteiger partial charge in [0.2, 0.25) is 0 Å². The van der Waals surface area contributed by atoms with Crippen molar-refractivity contribution >= 4 is 11.9 Å². The van der Waals surface area contributed by atoms with Gasteiger partial charge in [0.1, 0.15) is 11.9 Å². The number of carboxylic acid groups (broad SMARTS) is 1. The van der Waals surface area contributed by atoms with Gasteiger partial charge in [-0.1, -0.05) is 29.8 Å². The first-order chi connectivity index (χ1) is 13.4. The van der Waals surface area contributed by atoms with Crippen molar-refractivity contribution in [2.45, 2.75) is 33.0 Å². The minimum atomic E-state index is -1.06. The van der Waals surface area contributed by atoms with Crippen molar-refractivity contribution in [3.63, 3.8) is 0 Å². The largest absolute Gasteiger partial charge is 0.480 e. The quantitative estimate of drug-likeness (QED) is 0.750. The standard InChI is InChI=1S/C20H19N5O3/c1-12-3-5-14(6-4-12)15-7-16(9-21-8-15)19(26)25-11-18-23-22-13(2)24(18)10-17(25)20(27)28/h3-9,17H,10-11H2,1-2H3,(H,27,28). The Balaban J connectivity index is 1.67. The van der Waals surface area contributed by atoms with Crippen molar-refractivity contribution in [2.24, 2.45) is 0 Å². The molecule has 0 radical (unpaired) electrons. The fraction of sp³-hybridized carbons (Fsp3) is 0.250. The lowest BCUT2D eigenvalue weighted by Gasteiger charge is -2.33. The Bertz CT molecular complexity index is 1060. The number of carbonyl (C=O) groups is 2. The molecule has 1 aromatic carbocycles. The molecule has 2 aromatic heterocycles. The van der Waals surface area contributed by atoms with Gasteiger partial charge in [0.15, 0.2) is 5.82 Å². The first kappa shape index (κ1) is 17.8. The molecule has 1 amide bonds. The highest BCUT2D eigenvalue weighted by Gasteiger charge is 2.36. The monoisotopic (exact) mass is 377 g/mol. The zero-order valence-corrected chi connectivity index (χ0v) is 15.5. The molecule has 0 saturated heterocycles. The van der Waals surface area contributed by atoms with E-state index >= 15 is 0 Å². The van der Waals surface area contributed by atoms with Crippen LogP contribution in [0.4, 0.5) is 0 Å². The topological polar surface area (TPSA) is 101 Å². The summed E-state index contributed by atoms with van der Waals surface area (Å²) < 4.78 is 1.74. The molecule has 1 atom stereocenters. The normalized spacial score (nSPS) is 15.9. The van der Waals surface area contributed by atoms with Crippen LogP contribution in [0.3, 0.4) is 0 Å². The molecule has 0 aliphatic carbocycles. The highest BCUT2D eigenvalue weighted by atomic mass is 16.4. The summed E-state index contributed by atoms with van der Waals surface area (Å²) in [6, 6.07) is 8.66. The molecule has 0 saturated carbocycles. The number of hydrogen-bond donors (Lipinski definition) is 1. The number of rotatable bonds is 3. The van der Waals surface area contributed by atoms with E-state index in [4.69, 9.17) is 0 Å². The Labute approximate surface area is 161 Å². The number of pyridine rings is 1. The van der Waals surface area contributed by atoms with Gasteiger partial charge < -0.3 is 14.6 Å². The van der Waals surface area contributed by atoms with Gasteiger partial charge in [-0.15, -0.1) is 10.2 Å². The Hall–Kier alpha value is -3.55. The number of carbonyl (C=O) groups excluding carboxylic acids is 1. The fourth-order valence-electron chi connectivity index (χ4n) is 3.36. The maximum Gasteiger partial charge on any atom is 0.328 e. The van der Waals surface area contributed by atoms with E-state index in [1.807, 2.05) is 31.2 Å². The van der Waals surface area contributed by atoms with Crippen molar-refractivity contribution in [3.05, 3.63) is 65.5 Å². The van der Waals surface area contributed by atoms with Gasteiger partial charge in [-0.25, -0.2) is 4.79 Å². The molecular weight excluding hydrogens is 358 g/mol. The van der Waals surface area contributed by atoms with Gasteiger partial charge in [-0.3, -0.25) is 9.78 Å². The average molecular weight is 377 g/mol. The van der Waals surface area contributed by atoms with E-state index in [0.717, 1.165) is 16.7 Å². The first-order valence-electron chi connectivity index (χ1n) is 8.88. The molecule has 3 aromatic rings. The lowest BCUT2D eigenvalue weighted by molar-refractivity contribution is -0.143. The number of carboxylic acids is 1. The van der Waals surface area contributed by atoms with Crippen molar-refractivity contribution in [1.29, 1.82) is 0 Å². The summed E-state index contributed by atoms with van der Waals surface area (Å²) >= 11 is 0. The molecule has 8 nitrogen and oxygen atoms in total. The second-order valence-electron chi connectivity index (χ2n) is 6.89. The third-order valence-corrected chi connectivity index (χ3v) is 4.97. The van der Waals surface area contributed by atoms with Crippen LogP contribution in [0.5, 0.6) is 0 Å². The van der Waals surface area contributed by atoms with Crippen LogP contribution in [-0.2, 0) is 17.9 Å². The second kappa shape index (κ2) is 6.88. The summed E-state index contributed by atoms with van der Waals surface area (Å²) in [5, 5.41) is 17.7. The van der Waals surface area contributed by atoms with Crippen LogP contribution < -0.4 is 0 Å². The van der Waals surface area contributed by atoms with E-state index in [0.29, 0.717) is 17.2 Å². The number of aryl methyl sites for hydroxylation is 2. The molecule has 1 N–H and O–H groups in total. The highest BCUT2D eigenvalue weighted by molar-refractivity contribution is 5.97. The van der Waals surface area contributed by atoms with Crippen LogP contribution in [0.2, 0.25) is 0 Å². The summed E-state index contributed by atoms with van der Waals surface area (Å²) in [4.78, 5) is 30.4. The average Bonchev–Trinajstić information content (AvgIpc) is 3.07. The Morgan fingerprint density at radius 1 is 1.07 bits per heavy atom. The number of aliphatic carboxylic acids is 1. The van der Waals surface area contributed by atoms with Gasteiger partial charge in [0, 0.05) is 18.0 Å². The fourth-order valence-corrected chi connectivity index (χ4v) is 3.36. The molecule has 3 heterocycles. The lowest BCUT2D eigenvalue weighted by atomic mass is 10.0. The van der Waals surface area contributed by atoms with Gasteiger partial charge in [-0.05, 0) is 25.5 Å². The number of amides is 1. The summed E-state index contributed by atoms with van der Waals surface area (Å²) in [5.41, 5.74) is 3.22. The van der Waals surface area contributed by atoms with Crippen LogP contribution in [0.25, 0.3) is 11.1 Å². The summed E-state index contributed by atoms with van der Waals surface area (Å²) in [5.74, 6) is -0.238. The van der Waals surface area contributed by atoms with Crippen molar-refractivity contribution in [2.75, 3.05) is 0 Å². The molecule has 1 aliphatic rings. The molecular formula is C20H19N5O3. The molecule has 0 fully saturated rings. The summed E-state index contributed by atoms with van der Waals surface area (Å²) in [6.07, 6.45) is 3.15. The third kappa shape index (κ3) is 3.13. The summed E-state index contributed by atoms with van der Waals surface area (Å²) in [6.45, 7) is 3.98. The van der Waals surface area contributed by atoms with Crippen molar-refractivity contribution in [3.8, 4) is 11.1 Å². The maximum absolute atomic E-state index is 13.1. The second-order valence-corrected chi connectivity index (χ2v) is 6.89. The predicted octanol–water partition coefficient (Wildman–Crippen LogP) is 2.07. The van der Waals surface area contributed by atoms with E-state index in [2.05, 4.69) is 15.2 Å². The van der Waals surface area contributed by atoms with Crippen LogP contribution in [0.1, 0.15) is 27.6 Å². The Morgan fingerprint density at radius 3 is 2.54 bits per heavy atom. The minimum Gasteiger partial charge on any atom is -0.480 e. The predicted molar refractivity (Wildman–Crippen MR) is 100 cm³/mol. The molecule has 8 heteroatoms. The van der Waals surface area contributed by atoms with Crippen LogP contribution in [0, 0.1) is 13.8 Å². The number of hydrogen-bond acceptors (Lipinski definition) is 5. The molecule has 28 heavy (non-hydrogen) atoms. The minimum absolute atomic E-state index is 0.0887. The van der Waals surface area contributed by atoms with E-state index in [-0.39, 0.29) is 19.0 Å². The van der Waals surface area contributed by atoms with E-state index in [1.165, 1.54) is 11.1 Å². The van der Waals surface area contributed by atoms with Crippen LogP contribution in [-0.4, -0.2) is 47.7 Å². The van der Waals surface area contributed by atoms with Gasteiger partial charge in [0.05, 0.1) is 18.7 Å². The smallest absolute Gasteiger partial charge is 0.328 e. The highest BCUT2D eigenvalue weighted by Crippen LogP contribution is 2.24. The Kier molecular flexibility index (Phi) is 4.38. The van der Waals surface area contributed by atoms with Gasteiger partial charge in [0.25, 0.3) is 5.91 Å². The molecule has 1 unspecified atom stereocenters. The molecule has 4 rings (SSSR count). The van der Waals surface area contributed by atoms with Crippen molar-refractivity contribution < 1.29 is 14.7 Å². The third-order valence-electron chi connectivity index (χ3n) is 4.97. The first-order valence-corrected chi connectivity index (χ1v) is 8.88. The Morgan fingerprint density at radius 2 is 1.82 bits per heavy atom. The number of benzene rings is 1.